The molecular formula is C21H19FN4. The molecule has 1 saturated heterocycles. The Hall–Kier alpha value is -3.18. The molecule has 1 fully saturated rings. The summed E-state index contributed by atoms with van der Waals surface area (Å²) in [4.78, 5) is 10.7. The Morgan fingerprint density at radius 3 is 2.62 bits per heavy atom. The maximum absolute atomic E-state index is 12.9. The quantitative estimate of drug-likeness (QED) is 0.738. The SMILES string of the molecule is CC(C#Cc1ccc(F)cn1)=C1CCN(c2nc(C)ccc2C#N)CC1. The molecule has 1 aliphatic heterocycles. The number of anilines is 1. The van der Waals surface area contributed by atoms with Crippen LogP contribution < -0.4 is 4.90 Å². The lowest BCUT2D eigenvalue weighted by Gasteiger charge is -2.30. The largest absolute Gasteiger partial charge is 0.355 e. The summed E-state index contributed by atoms with van der Waals surface area (Å²) in [5.74, 6) is 6.52. The molecule has 0 saturated carbocycles. The number of hydrogen-bond donors (Lipinski definition) is 0. The zero-order valence-electron chi connectivity index (χ0n) is 14.9. The van der Waals surface area contributed by atoms with Crippen LogP contribution in [0, 0.1) is 35.9 Å². The lowest BCUT2D eigenvalue weighted by Crippen LogP contribution is -2.32. The summed E-state index contributed by atoms with van der Waals surface area (Å²) in [7, 11) is 0. The molecule has 2 aromatic heterocycles. The third-order valence-corrected chi connectivity index (χ3v) is 4.44. The van der Waals surface area contributed by atoms with Crippen LogP contribution in [0.5, 0.6) is 0 Å². The van der Waals surface area contributed by atoms with Crippen LogP contribution in [0.25, 0.3) is 0 Å². The third-order valence-electron chi connectivity index (χ3n) is 4.44. The van der Waals surface area contributed by atoms with Gasteiger partial charge in [0.2, 0.25) is 0 Å². The maximum Gasteiger partial charge on any atom is 0.146 e. The molecule has 0 aliphatic carbocycles. The standard InChI is InChI=1S/C21H19FN4/c1-15(3-7-20-8-6-19(22)14-24-20)17-9-11-26(12-10-17)21-18(13-23)5-4-16(2)25-21/h4-6,8,14H,9-12H2,1-2H3. The minimum atomic E-state index is -0.362. The van der Waals surface area contributed by atoms with E-state index >= 15 is 0 Å². The molecule has 1 aliphatic rings. The Balaban J connectivity index is 1.72. The average molecular weight is 346 g/mol. The highest BCUT2D eigenvalue weighted by atomic mass is 19.1. The van der Waals surface area contributed by atoms with Crippen molar-refractivity contribution in [3.63, 3.8) is 0 Å². The first-order valence-corrected chi connectivity index (χ1v) is 8.51. The predicted molar refractivity (Wildman–Crippen MR) is 98.9 cm³/mol. The summed E-state index contributed by atoms with van der Waals surface area (Å²) in [6.07, 6.45) is 2.95. The van der Waals surface area contributed by atoms with E-state index in [-0.39, 0.29) is 5.82 Å². The van der Waals surface area contributed by atoms with E-state index < -0.39 is 0 Å². The number of aryl methyl sites for hydroxylation is 1. The van der Waals surface area contributed by atoms with Crippen LogP contribution in [0.3, 0.4) is 0 Å². The van der Waals surface area contributed by atoms with Gasteiger partial charge in [-0.2, -0.15) is 5.26 Å². The molecule has 0 atom stereocenters. The Bertz CT molecular complexity index is 933. The van der Waals surface area contributed by atoms with Crippen molar-refractivity contribution < 1.29 is 4.39 Å². The highest BCUT2D eigenvalue weighted by Crippen LogP contribution is 2.26. The summed E-state index contributed by atoms with van der Waals surface area (Å²) < 4.78 is 12.9. The topological polar surface area (TPSA) is 52.8 Å². The number of pyridine rings is 2. The first-order chi connectivity index (χ1) is 12.6. The normalized spacial score (nSPS) is 13.6. The molecule has 0 bridgehead atoms. The van der Waals surface area contributed by atoms with Crippen LogP contribution in [0.4, 0.5) is 10.2 Å². The molecule has 3 heterocycles. The summed E-state index contributed by atoms with van der Waals surface area (Å²) >= 11 is 0. The average Bonchev–Trinajstić information content (AvgIpc) is 2.67. The van der Waals surface area contributed by atoms with Crippen LogP contribution in [-0.2, 0) is 0 Å². The first kappa shape index (κ1) is 17.6. The van der Waals surface area contributed by atoms with Gasteiger partial charge in [0.25, 0.3) is 0 Å². The highest BCUT2D eigenvalue weighted by molar-refractivity contribution is 5.55. The van der Waals surface area contributed by atoms with E-state index in [0.717, 1.165) is 43.0 Å². The number of rotatable bonds is 1. The third kappa shape index (κ3) is 4.07. The maximum atomic E-state index is 12.9. The van der Waals surface area contributed by atoms with Crippen molar-refractivity contribution in [3.8, 4) is 17.9 Å². The summed E-state index contributed by atoms with van der Waals surface area (Å²) in [6.45, 7) is 5.57. The van der Waals surface area contributed by atoms with Crippen molar-refractivity contribution in [1.82, 2.24) is 9.97 Å². The number of hydrogen-bond acceptors (Lipinski definition) is 4. The van der Waals surface area contributed by atoms with Gasteiger partial charge in [0, 0.05) is 18.8 Å². The number of nitriles is 1. The second-order valence-electron chi connectivity index (χ2n) is 6.26. The first-order valence-electron chi connectivity index (χ1n) is 8.51. The molecule has 0 unspecified atom stereocenters. The van der Waals surface area contributed by atoms with Crippen molar-refractivity contribution in [2.24, 2.45) is 0 Å². The highest BCUT2D eigenvalue weighted by Gasteiger charge is 2.19. The van der Waals surface area contributed by atoms with Crippen LogP contribution >= 0.6 is 0 Å². The molecule has 26 heavy (non-hydrogen) atoms. The van der Waals surface area contributed by atoms with Gasteiger partial charge in [-0.3, -0.25) is 0 Å². The molecule has 0 radical (unpaired) electrons. The van der Waals surface area contributed by atoms with Crippen LogP contribution in [0.1, 0.15) is 36.7 Å². The van der Waals surface area contributed by atoms with Crippen LogP contribution in [-0.4, -0.2) is 23.1 Å². The molecule has 0 N–H and O–H groups in total. The Morgan fingerprint density at radius 2 is 1.96 bits per heavy atom. The van der Waals surface area contributed by atoms with Crippen molar-refractivity contribution in [1.29, 1.82) is 5.26 Å². The minimum Gasteiger partial charge on any atom is -0.355 e. The Labute approximate surface area is 153 Å². The van der Waals surface area contributed by atoms with Crippen molar-refractivity contribution in [2.75, 3.05) is 18.0 Å². The predicted octanol–water partition coefficient (Wildman–Crippen LogP) is 3.76. The number of aromatic nitrogens is 2. The van der Waals surface area contributed by atoms with E-state index in [1.54, 1.807) is 6.07 Å². The number of nitrogens with zero attached hydrogens (tertiary/aromatic N) is 4. The van der Waals surface area contributed by atoms with Gasteiger partial charge in [-0.15, -0.1) is 0 Å². The van der Waals surface area contributed by atoms with Crippen LogP contribution in [0.2, 0.25) is 0 Å². The van der Waals surface area contributed by atoms with E-state index in [9.17, 15) is 9.65 Å². The number of allylic oxidation sites excluding steroid dienone is 1. The van der Waals surface area contributed by atoms with E-state index in [0.29, 0.717) is 11.3 Å². The van der Waals surface area contributed by atoms with Crippen molar-refractivity contribution >= 4 is 5.82 Å². The molecular weight excluding hydrogens is 327 g/mol. The van der Waals surface area contributed by atoms with Gasteiger partial charge in [0.05, 0.1) is 11.8 Å². The molecule has 3 rings (SSSR count). The van der Waals surface area contributed by atoms with E-state index in [1.165, 1.54) is 17.8 Å². The monoisotopic (exact) mass is 346 g/mol. The van der Waals surface area contributed by atoms with Gasteiger partial charge < -0.3 is 4.90 Å². The molecule has 0 aromatic carbocycles. The van der Waals surface area contributed by atoms with E-state index in [1.807, 2.05) is 26.0 Å². The molecule has 0 spiro atoms. The second-order valence-corrected chi connectivity index (χ2v) is 6.26. The van der Waals surface area contributed by atoms with Gasteiger partial charge in [0.1, 0.15) is 23.4 Å². The van der Waals surface area contributed by atoms with Crippen molar-refractivity contribution in [2.45, 2.75) is 26.7 Å². The van der Waals surface area contributed by atoms with Crippen LogP contribution in [0.15, 0.2) is 41.6 Å². The van der Waals surface area contributed by atoms with Gasteiger partial charge in [-0.1, -0.05) is 11.5 Å². The molecule has 0 amide bonds. The fourth-order valence-corrected chi connectivity index (χ4v) is 2.93. The van der Waals surface area contributed by atoms with Gasteiger partial charge in [0.15, 0.2) is 0 Å². The van der Waals surface area contributed by atoms with E-state index in [2.05, 4.69) is 32.8 Å². The summed E-state index contributed by atoms with van der Waals surface area (Å²) in [5.41, 5.74) is 4.43. The Kier molecular flexibility index (Phi) is 5.29. The summed E-state index contributed by atoms with van der Waals surface area (Å²) in [5, 5.41) is 9.30. The second kappa shape index (κ2) is 7.80. The zero-order chi connectivity index (χ0) is 18.5. The number of piperidine rings is 1. The lowest BCUT2D eigenvalue weighted by atomic mass is 9.98. The van der Waals surface area contributed by atoms with Crippen molar-refractivity contribution in [3.05, 3.63) is 64.4 Å². The molecule has 2 aromatic rings. The molecule has 5 heteroatoms. The minimum absolute atomic E-state index is 0.362. The lowest BCUT2D eigenvalue weighted by molar-refractivity contribution is 0.621. The van der Waals surface area contributed by atoms with Gasteiger partial charge in [-0.25, -0.2) is 14.4 Å². The van der Waals surface area contributed by atoms with Gasteiger partial charge in [-0.05, 0) is 62.4 Å². The van der Waals surface area contributed by atoms with Gasteiger partial charge >= 0.3 is 0 Å². The summed E-state index contributed by atoms with van der Waals surface area (Å²) in [6, 6.07) is 8.85. The van der Waals surface area contributed by atoms with E-state index in [4.69, 9.17) is 0 Å². The molecule has 130 valence electrons. The smallest absolute Gasteiger partial charge is 0.146 e. The zero-order valence-corrected chi connectivity index (χ0v) is 14.9. The fraction of sp³-hybridized carbons (Fsp3) is 0.286. The Morgan fingerprint density at radius 1 is 1.19 bits per heavy atom. The fourth-order valence-electron chi connectivity index (χ4n) is 2.93. The number of halogens is 1. The molecule has 4 nitrogen and oxygen atoms in total.